The van der Waals surface area contributed by atoms with Crippen LogP contribution in [0, 0.1) is 5.41 Å². The standard InChI is InChI=1S/C12H25FN2/c1-10(2)15(6-5-13)8-11-7-12(3,4)9-14-11/h10-11,14H,5-9H2,1-4H3. The quantitative estimate of drug-likeness (QED) is 0.756. The van der Waals surface area contributed by atoms with E-state index in [0.29, 0.717) is 24.0 Å². The summed E-state index contributed by atoms with van der Waals surface area (Å²) in [5.41, 5.74) is 0.406. The molecule has 1 heterocycles. The topological polar surface area (TPSA) is 15.3 Å². The van der Waals surface area contributed by atoms with Gasteiger partial charge in [-0.2, -0.15) is 0 Å². The van der Waals surface area contributed by atoms with Crippen molar-refractivity contribution in [3.63, 3.8) is 0 Å². The maximum Gasteiger partial charge on any atom is 0.102 e. The molecule has 3 heteroatoms. The third-order valence-electron chi connectivity index (χ3n) is 3.23. The summed E-state index contributed by atoms with van der Waals surface area (Å²) in [6, 6.07) is 0.972. The number of hydrogen-bond donors (Lipinski definition) is 1. The van der Waals surface area contributed by atoms with E-state index in [4.69, 9.17) is 0 Å². The molecule has 1 N–H and O–H groups in total. The van der Waals surface area contributed by atoms with Gasteiger partial charge >= 0.3 is 0 Å². The van der Waals surface area contributed by atoms with E-state index < -0.39 is 0 Å². The fraction of sp³-hybridized carbons (Fsp3) is 1.00. The Labute approximate surface area is 93.2 Å². The van der Waals surface area contributed by atoms with Crippen LogP contribution in [0.5, 0.6) is 0 Å². The van der Waals surface area contributed by atoms with Crippen LogP contribution in [0.1, 0.15) is 34.1 Å². The zero-order chi connectivity index (χ0) is 11.5. The van der Waals surface area contributed by atoms with Gasteiger partial charge in [0.2, 0.25) is 0 Å². The summed E-state index contributed by atoms with van der Waals surface area (Å²) in [7, 11) is 0. The van der Waals surface area contributed by atoms with E-state index in [1.165, 1.54) is 6.42 Å². The van der Waals surface area contributed by atoms with Gasteiger partial charge in [-0.15, -0.1) is 0 Å². The normalized spacial score (nSPS) is 25.4. The number of nitrogens with zero attached hydrogens (tertiary/aromatic N) is 1. The lowest BCUT2D eigenvalue weighted by atomic mass is 9.90. The molecule has 1 fully saturated rings. The maximum absolute atomic E-state index is 12.4. The van der Waals surface area contributed by atoms with Crippen LogP contribution in [0.4, 0.5) is 4.39 Å². The molecular formula is C12H25FN2. The van der Waals surface area contributed by atoms with Crippen molar-refractivity contribution >= 4 is 0 Å². The first-order chi connectivity index (χ1) is 6.94. The van der Waals surface area contributed by atoms with Crippen molar-refractivity contribution in [2.24, 2.45) is 5.41 Å². The van der Waals surface area contributed by atoms with Crippen LogP contribution in [0.15, 0.2) is 0 Å². The minimum absolute atomic E-state index is 0.242. The minimum atomic E-state index is -0.242. The molecule has 0 aliphatic carbocycles. The molecule has 0 aromatic rings. The first kappa shape index (κ1) is 12.9. The van der Waals surface area contributed by atoms with E-state index in [-0.39, 0.29) is 6.67 Å². The highest BCUT2D eigenvalue weighted by atomic mass is 19.1. The molecule has 1 saturated heterocycles. The van der Waals surface area contributed by atoms with E-state index in [1.807, 2.05) is 0 Å². The summed E-state index contributed by atoms with van der Waals surface area (Å²) in [5, 5.41) is 3.53. The minimum Gasteiger partial charge on any atom is -0.312 e. The maximum atomic E-state index is 12.4. The molecule has 0 amide bonds. The lowest BCUT2D eigenvalue weighted by molar-refractivity contribution is 0.184. The second kappa shape index (κ2) is 5.26. The summed E-state index contributed by atoms with van der Waals surface area (Å²) in [5.74, 6) is 0. The zero-order valence-electron chi connectivity index (χ0n) is 10.5. The molecule has 0 saturated carbocycles. The molecule has 0 radical (unpaired) electrons. The molecule has 1 atom stereocenters. The Kier molecular flexibility index (Phi) is 4.53. The highest BCUT2D eigenvalue weighted by Crippen LogP contribution is 2.27. The molecule has 90 valence electrons. The van der Waals surface area contributed by atoms with Crippen LogP contribution in [-0.4, -0.2) is 43.3 Å². The van der Waals surface area contributed by atoms with Gasteiger partial charge in [0, 0.05) is 31.7 Å². The number of halogens is 1. The fourth-order valence-electron chi connectivity index (χ4n) is 2.31. The van der Waals surface area contributed by atoms with Crippen molar-refractivity contribution < 1.29 is 4.39 Å². The zero-order valence-corrected chi connectivity index (χ0v) is 10.5. The highest BCUT2D eigenvalue weighted by molar-refractivity contribution is 4.89. The number of nitrogens with one attached hydrogen (secondary N) is 1. The summed E-state index contributed by atoms with van der Waals surface area (Å²) in [6.07, 6.45) is 1.20. The first-order valence-electron chi connectivity index (χ1n) is 5.98. The lowest BCUT2D eigenvalue weighted by Crippen LogP contribution is -2.42. The molecule has 0 bridgehead atoms. The van der Waals surface area contributed by atoms with Crippen LogP contribution < -0.4 is 5.32 Å². The molecule has 15 heavy (non-hydrogen) atoms. The van der Waals surface area contributed by atoms with Gasteiger partial charge in [-0.1, -0.05) is 13.8 Å². The summed E-state index contributed by atoms with van der Waals surface area (Å²) in [4.78, 5) is 2.22. The van der Waals surface area contributed by atoms with Gasteiger partial charge in [-0.3, -0.25) is 4.90 Å². The largest absolute Gasteiger partial charge is 0.312 e. The highest BCUT2D eigenvalue weighted by Gasteiger charge is 2.31. The smallest absolute Gasteiger partial charge is 0.102 e. The van der Waals surface area contributed by atoms with E-state index in [9.17, 15) is 4.39 Å². The lowest BCUT2D eigenvalue weighted by Gasteiger charge is -2.28. The number of hydrogen-bond acceptors (Lipinski definition) is 2. The first-order valence-corrected chi connectivity index (χ1v) is 5.98. The van der Waals surface area contributed by atoms with Crippen molar-refractivity contribution in [1.29, 1.82) is 0 Å². The van der Waals surface area contributed by atoms with Crippen LogP contribution in [0.25, 0.3) is 0 Å². The predicted molar refractivity (Wildman–Crippen MR) is 62.9 cm³/mol. The Morgan fingerprint density at radius 2 is 2.13 bits per heavy atom. The van der Waals surface area contributed by atoms with Crippen molar-refractivity contribution in [3.05, 3.63) is 0 Å². The average Bonchev–Trinajstić information content (AvgIpc) is 2.44. The third-order valence-corrected chi connectivity index (χ3v) is 3.23. The van der Waals surface area contributed by atoms with Crippen LogP contribution >= 0.6 is 0 Å². The van der Waals surface area contributed by atoms with Crippen molar-refractivity contribution in [1.82, 2.24) is 10.2 Å². The Morgan fingerprint density at radius 3 is 2.53 bits per heavy atom. The van der Waals surface area contributed by atoms with E-state index in [1.54, 1.807) is 0 Å². The predicted octanol–water partition coefficient (Wildman–Crippen LogP) is 2.05. The number of alkyl halides is 1. The van der Waals surface area contributed by atoms with E-state index in [0.717, 1.165) is 13.1 Å². The number of rotatable bonds is 5. The molecule has 1 aliphatic rings. The van der Waals surface area contributed by atoms with Crippen LogP contribution in [-0.2, 0) is 0 Å². The van der Waals surface area contributed by atoms with Crippen molar-refractivity contribution in [2.45, 2.75) is 46.2 Å². The monoisotopic (exact) mass is 216 g/mol. The van der Waals surface area contributed by atoms with Gasteiger partial charge in [-0.25, -0.2) is 4.39 Å². The van der Waals surface area contributed by atoms with Gasteiger partial charge in [-0.05, 0) is 25.7 Å². The molecule has 1 rings (SSSR count). The van der Waals surface area contributed by atoms with E-state index >= 15 is 0 Å². The summed E-state index contributed by atoms with van der Waals surface area (Å²) >= 11 is 0. The van der Waals surface area contributed by atoms with Gasteiger partial charge < -0.3 is 5.32 Å². The van der Waals surface area contributed by atoms with Crippen molar-refractivity contribution in [3.8, 4) is 0 Å². The third kappa shape index (κ3) is 4.07. The average molecular weight is 216 g/mol. The molecule has 2 nitrogen and oxygen atoms in total. The molecule has 0 spiro atoms. The summed E-state index contributed by atoms with van der Waals surface area (Å²) in [6.45, 7) is 11.2. The van der Waals surface area contributed by atoms with Gasteiger partial charge in [0.05, 0.1) is 0 Å². The molecule has 0 aromatic heterocycles. The fourth-order valence-corrected chi connectivity index (χ4v) is 2.31. The van der Waals surface area contributed by atoms with Gasteiger partial charge in [0.1, 0.15) is 6.67 Å². The SMILES string of the molecule is CC(C)N(CCF)CC1CC(C)(C)CN1. The van der Waals surface area contributed by atoms with Gasteiger partial charge in [0.25, 0.3) is 0 Å². The van der Waals surface area contributed by atoms with Crippen LogP contribution in [0.3, 0.4) is 0 Å². The molecule has 0 aromatic carbocycles. The molecular weight excluding hydrogens is 191 g/mol. The second-order valence-electron chi connectivity index (χ2n) is 5.72. The van der Waals surface area contributed by atoms with Crippen molar-refractivity contribution in [2.75, 3.05) is 26.3 Å². The molecule has 1 aliphatic heterocycles. The van der Waals surface area contributed by atoms with Gasteiger partial charge in [0.15, 0.2) is 0 Å². The van der Waals surface area contributed by atoms with E-state index in [2.05, 4.69) is 37.9 Å². The molecule has 1 unspecified atom stereocenters. The van der Waals surface area contributed by atoms with Crippen LogP contribution in [0.2, 0.25) is 0 Å². The second-order valence-corrected chi connectivity index (χ2v) is 5.72. The Balaban J connectivity index is 2.39. The Bertz CT molecular complexity index is 192. The summed E-state index contributed by atoms with van der Waals surface area (Å²) < 4.78 is 12.4. The Hall–Kier alpha value is -0.150. The Morgan fingerprint density at radius 1 is 1.47 bits per heavy atom.